The lowest BCUT2D eigenvalue weighted by Crippen LogP contribution is -2.28. The van der Waals surface area contributed by atoms with Crippen molar-refractivity contribution in [2.24, 2.45) is 0 Å². The molecule has 0 fully saturated rings. The minimum absolute atomic E-state index is 0.154. The minimum atomic E-state index is -0.995. The molecule has 1 heterocycles. The van der Waals surface area contributed by atoms with Crippen LogP contribution < -0.4 is 0 Å². The van der Waals surface area contributed by atoms with Gasteiger partial charge in [0.2, 0.25) is 0 Å². The van der Waals surface area contributed by atoms with Crippen LogP contribution in [0.3, 0.4) is 0 Å². The van der Waals surface area contributed by atoms with E-state index < -0.39 is 11.4 Å². The number of aromatic amines is 1. The van der Waals surface area contributed by atoms with E-state index in [2.05, 4.69) is 4.98 Å². The highest BCUT2D eigenvalue weighted by atomic mass is 16.4. The molecular formula is C12H13NO3. The van der Waals surface area contributed by atoms with Crippen molar-refractivity contribution in [3.8, 4) is 5.75 Å². The summed E-state index contributed by atoms with van der Waals surface area (Å²) in [4.78, 5) is 14.1. The summed E-state index contributed by atoms with van der Waals surface area (Å²) in [6.07, 6.45) is 0. The van der Waals surface area contributed by atoms with E-state index in [4.69, 9.17) is 5.11 Å². The highest BCUT2D eigenvalue weighted by molar-refractivity contribution is 5.89. The molecule has 16 heavy (non-hydrogen) atoms. The van der Waals surface area contributed by atoms with Crippen molar-refractivity contribution in [3.63, 3.8) is 0 Å². The van der Waals surface area contributed by atoms with Crippen molar-refractivity contribution >= 4 is 16.9 Å². The quantitative estimate of drug-likeness (QED) is 0.725. The fourth-order valence-electron chi connectivity index (χ4n) is 1.59. The number of hydrogen-bond acceptors (Lipinski definition) is 2. The van der Waals surface area contributed by atoms with Gasteiger partial charge in [-0.15, -0.1) is 0 Å². The van der Waals surface area contributed by atoms with Gasteiger partial charge in [-0.05, 0) is 32.0 Å². The van der Waals surface area contributed by atoms with E-state index in [1.165, 1.54) is 0 Å². The van der Waals surface area contributed by atoms with Gasteiger partial charge in [0, 0.05) is 16.6 Å². The first kappa shape index (κ1) is 10.5. The first-order valence-corrected chi connectivity index (χ1v) is 4.97. The lowest BCUT2D eigenvalue weighted by molar-refractivity contribution is -0.142. The molecule has 0 radical (unpaired) electrons. The number of rotatable bonds is 2. The van der Waals surface area contributed by atoms with Gasteiger partial charge in [-0.2, -0.15) is 0 Å². The van der Waals surface area contributed by atoms with Gasteiger partial charge in [0.05, 0.1) is 0 Å². The zero-order chi connectivity index (χ0) is 11.9. The maximum absolute atomic E-state index is 11.1. The van der Waals surface area contributed by atoms with Gasteiger partial charge in [0.15, 0.2) is 0 Å². The SMILES string of the molecule is CC(C)(C(=O)O)c1cc2c(O)cccc2[nH]1. The van der Waals surface area contributed by atoms with Crippen LogP contribution in [0.1, 0.15) is 19.5 Å². The average molecular weight is 219 g/mol. The number of benzene rings is 1. The average Bonchev–Trinajstić information content (AvgIpc) is 2.63. The Morgan fingerprint density at radius 2 is 2.06 bits per heavy atom. The summed E-state index contributed by atoms with van der Waals surface area (Å²) in [5, 5.41) is 19.4. The lowest BCUT2D eigenvalue weighted by atomic mass is 9.90. The van der Waals surface area contributed by atoms with Gasteiger partial charge in [-0.25, -0.2) is 0 Å². The number of carboxylic acid groups (broad SMARTS) is 1. The summed E-state index contributed by atoms with van der Waals surface area (Å²) in [5.41, 5.74) is 0.326. The Morgan fingerprint density at radius 1 is 1.38 bits per heavy atom. The number of phenols is 1. The van der Waals surface area contributed by atoms with Crippen molar-refractivity contribution in [2.75, 3.05) is 0 Å². The zero-order valence-electron chi connectivity index (χ0n) is 9.11. The largest absolute Gasteiger partial charge is 0.507 e. The molecule has 0 aliphatic carbocycles. The third-order valence-electron chi connectivity index (χ3n) is 2.85. The lowest BCUT2D eigenvalue weighted by Gasteiger charge is -2.16. The second-order valence-corrected chi connectivity index (χ2v) is 4.35. The highest BCUT2D eigenvalue weighted by Crippen LogP contribution is 2.30. The Hall–Kier alpha value is -1.97. The third-order valence-corrected chi connectivity index (χ3v) is 2.85. The molecule has 0 saturated carbocycles. The van der Waals surface area contributed by atoms with Crippen LogP contribution in [0.2, 0.25) is 0 Å². The van der Waals surface area contributed by atoms with Crippen LogP contribution in [0, 0.1) is 0 Å². The Kier molecular flexibility index (Phi) is 2.15. The second-order valence-electron chi connectivity index (χ2n) is 4.35. The zero-order valence-corrected chi connectivity index (χ0v) is 9.11. The van der Waals surface area contributed by atoms with E-state index >= 15 is 0 Å². The van der Waals surface area contributed by atoms with E-state index in [1.54, 1.807) is 38.1 Å². The molecule has 0 aliphatic heterocycles. The molecule has 2 aromatic rings. The Bertz CT molecular complexity index is 554. The summed E-state index contributed by atoms with van der Waals surface area (Å²) in [6, 6.07) is 6.77. The predicted octanol–water partition coefficient (Wildman–Crippen LogP) is 2.24. The molecule has 1 aromatic carbocycles. The fourth-order valence-corrected chi connectivity index (χ4v) is 1.59. The van der Waals surface area contributed by atoms with Crippen LogP contribution in [0.15, 0.2) is 24.3 Å². The van der Waals surface area contributed by atoms with Crippen LogP contribution in [-0.2, 0) is 10.2 Å². The van der Waals surface area contributed by atoms with Crippen LogP contribution in [0.4, 0.5) is 0 Å². The number of aliphatic carboxylic acids is 1. The van der Waals surface area contributed by atoms with E-state index in [0.29, 0.717) is 11.1 Å². The summed E-state index contributed by atoms with van der Waals surface area (Å²) in [7, 11) is 0. The minimum Gasteiger partial charge on any atom is -0.507 e. The van der Waals surface area contributed by atoms with Crippen LogP contribution in [0.5, 0.6) is 5.75 Å². The maximum atomic E-state index is 11.1. The molecule has 0 atom stereocenters. The summed E-state index contributed by atoms with van der Waals surface area (Å²) < 4.78 is 0. The highest BCUT2D eigenvalue weighted by Gasteiger charge is 2.31. The normalized spacial score (nSPS) is 11.9. The Balaban J connectivity index is 2.64. The number of fused-ring (bicyclic) bond motifs is 1. The third kappa shape index (κ3) is 1.43. The van der Waals surface area contributed by atoms with Crippen molar-refractivity contribution < 1.29 is 15.0 Å². The van der Waals surface area contributed by atoms with E-state index in [9.17, 15) is 9.90 Å². The molecule has 0 spiro atoms. The summed E-state index contributed by atoms with van der Waals surface area (Å²) in [5.74, 6) is -0.750. The van der Waals surface area contributed by atoms with Gasteiger partial charge in [-0.1, -0.05) is 6.07 Å². The fraction of sp³-hybridized carbons (Fsp3) is 0.250. The number of carboxylic acids is 1. The number of H-pyrrole nitrogens is 1. The molecule has 0 unspecified atom stereocenters. The number of carbonyl (C=O) groups is 1. The van der Waals surface area contributed by atoms with Gasteiger partial charge in [0.1, 0.15) is 11.2 Å². The number of hydrogen-bond donors (Lipinski definition) is 3. The maximum Gasteiger partial charge on any atom is 0.315 e. The van der Waals surface area contributed by atoms with Gasteiger partial charge in [-0.3, -0.25) is 4.79 Å². The molecule has 1 aromatic heterocycles. The number of nitrogens with one attached hydrogen (secondary N) is 1. The predicted molar refractivity (Wildman–Crippen MR) is 60.6 cm³/mol. The van der Waals surface area contributed by atoms with Gasteiger partial charge < -0.3 is 15.2 Å². The number of aromatic hydroxyl groups is 1. The molecule has 4 nitrogen and oxygen atoms in total. The summed E-state index contributed by atoms with van der Waals surface area (Å²) >= 11 is 0. The number of phenolic OH excluding ortho intramolecular Hbond substituents is 1. The molecule has 0 amide bonds. The first-order chi connectivity index (χ1) is 7.43. The van der Waals surface area contributed by atoms with Gasteiger partial charge >= 0.3 is 5.97 Å². The monoisotopic (exact) mass is 219 g/mol. The van der Waals surface area contributed by atoms with Crippen LogP contribution >= 0.6 is 0 Å². The molecule has 0 saturated heterocycles. The first-order valence-electron chi connectivity index (χ1n) is 4.97. The topological polar surface area (TPSA) is 73.3 Å². The van der Waals surface area contributed by atoms with Gasteiger partial charge in [0.25, 0.3) is 0 Å². The molecule has 0 bridgehead atoms. The van der Waals surface area contributed by atoms with Crippen molar-refractivity contribution in [1.82, 2.24) is 4.98 Å². The second kappa shape index (κ2) is 3.27. The van der Waals surface area contributed by atoms with Crippen LogP contribution in [-0.4, -0.2) is 21.2 Å². The van der Waals surface area contributed by atoms with E-state index in [1.807, 2.05) is 0 Å². The van der Waals surface area contributed by atoms with E-state index in [-0.39, 0.29) is 5.75 Å². The Morgan fingerprint density at radius 3 is 2.62 bits per heavy atom. The standard InChI is InChI=1S/C12H13NO3/c1-12(2,11(15)16)10-6-7-8(13-10)4-3-5-9(7)14/h3-6,13-14H,1-2H3,(H,15,16). The van der Waals surface area contributed by atoms with Crippen LogP contribution in [0.25, 0.3) is 10.9 Å². The molecule has 4 heteroatoms. The van der Waals surface area contributed by atoms with Crippen molar-refractivity contribution in [3.05, 3.63) is 30.0 Å². The molecule has 84 valence electrons. The van der Waals surface area contributed by atoms with Crippen molar-refractivity contribution in [1.29, 1.82) is 0 Å². The molecule has 0 aliphatic rings. The Labute approximate surface area is 92.5 Å². The van der Waals surface area contributed by atoms with Crippen molar-refractivity contribution in [2.45, 2.75) is 19.3 Å². The smallest absolute Gasteiger partial charge is 0.315 e. The molecular weight excluding hydrogens is 206 g/mol. The molecule has 2 rings (SSSR count). The number of aromatic nitrogens is 1. The molecule has 3 N–H and O–H groups in total. The van der Waals surface area contributed by atoms with E-state index in [0.717, 1.165) is 5.52 Å². The summed E-state index contributed by atoms with van der Waals surface area (Å²) in [6.45, 7) is 3.24.